The molecular weight excluding hydrogens is 302 g/mol. The van der Waals surface area contributed by atoms with Gasteiger partial charge in [-0.1, -0.05) is 28.1 Å². The molecule has 1 fully saturated rings. The van der Waals surface area contributed by atoms with Crippen LogP contribution in [0.3, 0.4) is 0 Å². The average Bonchev–Trinajstić information content (AvgIpc) is 2.39. The number of piperazine rings is 1. The van der Waals surface area contributed by atoms with E-state index in [1.807, 2.05) is 0 Å². The number of nitrogens with zero attached hydrogens (tertiary/aromatic N) is 2. The Morgan fingerprint density at radius 1 is 1.37 bits per heavy atom. The van der Waals surface area contributed by atoms with Crippen molar-refractivity contribution in [3.63, 3.8) is 0 Å². The Morgan fingerprint density at radius 3 is 2.63 bits per heavy atom. The summed E-state index contributed by atoms with van der Waals surface area (Å²) in [5, 5.41) is 3.50. The zero-order chi connectivity index (χ0) is 13.8. The summed E-state index contributed by atoms with van der Waals surface area (Å²) < 4.78 is 1.14. The standard InChI is InChI=1S/C15H24BrN3/c1-18(2)15(12-4-6-13(16)7-5-12)10-14-11-17-8-9-19(14)3/h4-7,14-15,17H,8-11H2,1-3H3. The lowest BCUT2D eigenvalue weighted by atomic mass is 9.97. The summed E-state index contributed by atoms with van der Waals surface area (Å²) in [6.07, 6.45) is 1.16. The molecule has 1 saturated heterocycles. The predicted molar refractivity (Wildman–Crippen MR) is 84.5 cm³/mol. The molecule has 0 aliphatic carbocycles. The number of halogens is 1. The van der Waals surface area contributed by atoms with E-state index in [9.17, 15) is 0 Å². The molecule has 1 aliphatic rings. The summed E-state index contributed by atoms with van der Waals surface area (Å²) in [6, 6.07) is 9.81. The topological polar surface area (TPSA) is 18.5 Å². The molecular formula is C15H24BrN3. The first kappa shape index (κ1) is 15.0. The molecule has 3 nitrogen and oxygen atoms in total. The number of nitrogens with one attached hydrogen (secondary N) is 1. The Morgan fingerprint density at radius 2 is 2.05 bits per heavy atom. The predicted octanol–water partition coefficient (Wildman–Crippen LogP) is 2.35. The Balaban J connectivity index is 2.09. The van der Waals surface area contributed by atoms with Crippen molar-refractivity contribution in [2.24, 2.45) is 0 Å². The van der Waals surface area contributed by atoms with E-state index in [1.165, 1.54) is 5.56 Å². The number of hydrogen-bond acceptors (Lipinski definition) is 3. The third-order valence-electron chi connectivity index (χ3n) is 4.02. The van der Waals surface area contributed by atoms with Crippen LogP contribution in [0.1, 0.15) is 18.0 Å². The minimum atomic E-state index is 0.473. The van der Waals surface area contributed by atoms with Crippen molar-refractivity contribution >= 4 is 15.9 Å². The van der Waals surface area contributed by atoms with E-state index >= 15 is 0 Å². The van der Waals surface area contributed by atoms with Gasteiger partial charge in [0.2, 0.25) is 0 Å². The maximum Gasteiger partial charge on any atom is 0.0357 e. The van der Waals surface area contributed by atoms with Crippen molar-refractivity contribution in [1.82, 2.24) is 15.1 Å². The summed E-state index contributed by atoms with van der Waals surface area (Å²) in [4.78, 5) is 4.80. The quantitative estimate of drug-likeness (QED) is 0.916. The van der Waals surface area contributed by atoms with Crippen LogP contribution in [-0.4, -0.2) is 56.6 Å². The van der Waals surface area contributed by atoms with E-state index in [0.717, 1.165) is 30.5 Å². The van der Waals surface area contributed by atoms with Gasteiger partial charge in [-0.25, -0.2) is 0 Å². The van der Waals surface area contributed by atoms with Gasteiger partial charge in [0.15, 0.2) is 0 Å². The molecule has 19 heavy (non-hydrogen) atoms. The minimum absolute atomic E-state index is 0.473. The molecule has 2 atom stereocenters. The highest BCUT2D eigenvalue weighted by Crippen LogP contribution is 2.26. The van der Waals surface area contributed by atoms with Crippen LogP contribution in [0.25, 0.3) is 0 Å². The second-order valence-corrected chi connectivity index (χ2v) is 6.52. The molecule has 0 spiro atoms. The van der Waals surface area contributed by atoms with Crippen LogP contribution in [0.15, 0.2) is 28.7 Å². The molecule has 1 aromatic carbocycles. The second kappa shape index (κ2) is 6.84. The minimum Gasteiger partial charge on any atom is -0.314 e. The number of likely N-dealkylation sites (N-methyl/N-ethyl adjacent to an activating group) is 1. The Bertz CT molecular complexity index is 391. The molecule has 1 heterocycles. The van der Waals surface area contributed by atoms with Crippen molar-refractivity contribution in [3.8, 4) is 0 Å². The van der Waals surface area contributed by atoms with E-state index in [4.69, 9.17) is 0 Å². The molecule has 0 radical (unpaired) electrons. The molecule has 0 saturated carbocycles. The first-order chi connectivity index (χ1) is 9.08. The highest BCUT2D eigenvalue weighted by atomic mass is 79.9. The SMILES string of the molecule is CN(C)C(CC1CNCCN1C)c1ccc(Br)cc1. The fourth-order valence-electron chi connectivity index (χ4n) is 2.71. The van der Waals surface area contributed by atoms with Gasteiger partial charge in [-0.15, -0.1) is 0 Å². The number of rotatable bonds is 4. The van der Waals surface area contributed by atoms with Crippen LogP contribution in [0.4, 0.5) is 0 Å². The van der Waals surface area contributed by atoms with Crippen molar-refractivity contribution in [2.75, 3.05) is 40.8 Å². The number of benzene rings is 1. The van der Waals surface area contributed by atoms with Crippen LogP contribution < -0.4 is 5.32 Å². The van der Waals surface area contributed by atoms with Crippen LogP contribution in [0.2, 0.25) is 0 Å². The van der Waals surface area contributed by atoms with Gasteiger partial charge in [0.1, 0.15) is 0 Å². The smallest absolute Gasteiger partial charge is 0.0357 e. The summed E-state index contributed by atoms with van der Waals surface area (Å²) >= 11 is 3.51. The largest absolute Gasteiger partial charge is 0.314 e. The lowest BCUT2D eigenvalue weighted by molar-refractivity contribution is 0.149. The van der Waals surface area contributed by atoms with Gasteiger partial charge >= 0.3 is 0 Å². The third-order valence-corrected chi connectivity index (χ3v) is 4.55. The molecule has 0 bridgehead atoms. The zero-order valence-corrected chi connectivity index (χ0v) is 13.7. The van der Waals surface area contributed by atoms with Gasteiger partial charge in [0, 0.05) is 36.2 Å². The summed E-state index contributed by atoms with van der Waals surface area (Å²) in [6.45, 7) is 3.35. The van der Waals surface area contributed by atoms with Crippen molar-refractivity contribution in [3.05, 3.63) is 34.3 Å². The van der Waals surface area contributed by atoms with Gasteiger partial charge in [-0.2, -0.15) is 0 Å². The molecule has 2 unspecified atom stereocenters. The molecule has 106 valence electrons. The highest BCUT2D eigenvalue weighted by molar-refractivity contribution is 9.10. The van der Waals surface area contributed by atoms with E-state index in [-0.39, 0.29) is 0 Å². The van der Waals surface area contributed by atoms with E-state index in [1.54, 1.807) is 0 Å². The molecule has 0 aromatic heterocycles. The maximum absolute atomic E-state index is 3.51. The first-order valence-corrected chi connectivity index (χ1v) is 7.70. The normalized spacial score (nSPS) is 22.7. The molecule has 1 N–H and O–H groups in total. The van der Waals surface area contributed by atoms with Crippen molar-refractivity contribution < 1.29 is 0 Å². The highest BCUT2D eigenvalue weighted by Gasteiger charge is 2.24. The van der Waals surface area contributed by atoms with Gasteiger partial charge in [-0.05, 0) is 45.3 Å². The monoisotopic (exact) mass is 325 g/mol. The van der Waals surface area contributed by atoms with Gasteiger partial charge in [0.05, 0.1) is 0 Å². The molecule has 1 aliphatic heterocycles. The van der Waals surface area contributed by atoms with Gasteiger partial charge < -0.3 is 15.1 Å². The number of hydrogen-bond donors (Lipinski definition) is 1. The molecule has 4 heteroatoms. The van der Waals surface area contributed by atoms with Crippen LogP contribution >= 0.6 is 15.9 Å². The van der Waals surface area contributed by atoms with Crippen LogP contribution in [0, 0.1) is 0 Å². The fraction of sp³-hybridized carbons (Fsp3) is 0.600. The maximum atomic E-state index is 3.51. The lowest BCUT2D eigenvalue weighted by Gasteiger charge is -2.37. The first-order valence-electron chi connectivity index (χ1n) is 6.91. The zero-order valence-electron chi connectivity index (χ0n) is 12.1. The molecule has 1 aromatic rings. The second-order valence-electron chi connectivity index (χ2n) is 5.61. The van der Waals surface area contributed by atoms with Gasteiger partial charge in [-0.3, -0.25) is 0 Å². The summed E-state index contributed by atoms with van der Waals surface area (Å²) in [7, 11) is 6.58. The molecule has 0 amide bonds. The van der Waals surface area contributed by atoms with Crippen molar-refractivity contribution in [2.45, 2.75) is 18.5 Å². The average molecular weight is 326 g/mol. The molecule has 2 rings (SSSR count). The summed E-state index contributed by atoms with van der Waals surface area (Å²) in [5.41, 5.74) is 1.40. The van der Waals surface area contributed by atoms with Crippen LogP contribution in [0.5, 0.6) is 0 Å². The third kappa shape index (κ3) is 4.02. The van der Waals surface area contributed by atoms with Crippen molar-refractivity contribution in [1.29, 1.82) is 0 Å². The van der Waals surface area contributed by atoms with E-state index in [0.29, 0.717) is 12.1 Å². The van der Waals surface area contributed by atoms with E-state index in [2.05, 4.69) is 76.5 Å². The Hall–Kier alpha value is -0.420. The summed E-state index contributed by atoms with van der Waals surface area (Å²) in [5.74, 6) is 0. The van der Waals surface area contributed by atoms with Gasteiger partial charge in [0.25, 0.3) is 0 Å². The lowest BCUT2D eigenvalue weighted by Crippen LogP contribution is -2.50. The fourth-order valence-corrected chi connectivity index (χ4v) is 2.98. The van der Waals surface area contributed by atoms with Crippen LogP contribution in [-0.2, 0) is 0 Å². The van der Waals surface area contributed by atoms with E-state index < -0.39 is 0 Å². The Labute approximate surface area is 125 Å². The Kier molecular flexibility index (Phi) is 5.39.